The van der Waals surface area contributed by atoms with Crippen LogP contribution in [0.5, 0.6) is 0 Å². The normalized spacial score (nSPS) is 18.6. The van der Waals surface area contributed by atoms with Crippen LogP contribution in [0.4, 0.5) is 0 Å². The molecule has 1 heterocycles. The van der Waals surface area contributed by atoms with E-state index in [1.165, 1.54) is 12.8 Å². The van der Waals surface area contributed by atoms with Crippen molar-refractivity contribution in [2.24, 2.45) is 0 Å². The van der Waals surface area contributed by atoms with Crippen molar-refractivity contribution in [3.05, 3.63) is 0 Å². The summed E-state index contributed by atoms with van der Waals surface area (Å²) in [6, 6.07) is 0. The molecule has 1 aliphatic heterocycles. The quantitative estimate of drug-likeness (QED) is 0.441. The Morgan fingerprint density at radius 2 is 1.74 bits per heavy atom. The minimum Gasteiger partial charge on any atom is -0.394 e. The Hall–Kier alpha value is -0.200. The van der Waals surface area contributed by atoms with Gasteiger partial charge in [-0.1, -0.05) is 26.7 Å². The summed E-state index contributed by atoms with van der Waals surface area (Å²) in [5.41, 5.74) is 0. The van der Waals surface area contributed by atoms with Crippen molar-refractivity contribution in [1.82, 2.24) is 0 Å². The lowest BCUT2D eigenvalue weighted by atomic mass is 10.3. The van der Waals surface area contributed by atoms with E-state index in [4.69, 9.17) is 24.4 Å². The highest BCUT2D eigenvalue weighted by Gasteiger charge is 2.21. The Bertz CT molecular complexity index is 173. The van der Waals surface area contributed by atoms with E-state index >= 15 is 0 Å². The van der Waals surface area contributed by atoms with Crippen LogP contribution in [-0.4, -0.2) is 62.1 Å². The molecule has 0 aliphatic carbocycles. The van der Waals surface area contributed by atoms with Gasteiger partial charge in [0.25, 0.3) is 0 Å². The number of hydrogen-bond donors (Lipinski definition) is 2. The first-order valence-corrected chi connectivity index (χ1v) is 7.30. The number of ether oxygens (including phenoxy) is 3. The van der Waals surface area contributed by atoms with E-state index in [9.17, 15) is 0 Å². The van der Waals surface area contributed by atoms with Gasteiger partial charge in [0.2, 0.25) is 0 Å². The number of hydrogen-bond acceptors (Lipinski definition) is 5. The molecule has 2 atom stereocenters. The molecule has 0 amide bonds. The molecule has 5 heteroatoms. The maximum absolute atomic E-state index is 8.78. The molecule has 2 N–H and O–H groups in total. The van der Waals surface area contributed by atoms with Crippen molar-refractivity contribution >= 4 is 0 Å². The van der Waals surface area contributed by atoms with Crippen LogP contribution in [0.15, 0.2) is 0 Å². The summed E-state index contributed by atoms with van der Waals surface area (Å²) in [7, 11) is 0. The van der Waals surface area contributed by atoms with Crippen molar-refractivity contribution < 1.29 is 24.4 Å². The zero-order valence-corrected chi connectivity index (χ0v) is 12.3. The smallest absolute Gasteiger partial charge is 0.104 e. The molecule has 0 saturated carbocycles. The fourth-order valence-corrected chi connectivity index (χ4v) is 1.14. The van der Waals surface area contributed by atoms with Gasteiger partial charge in [-0.15, -0.1) is 0 Å². The van der Waals surface area contributed by atoms with Crippen molar-refractivity contribution in [2.45, 2.75) is 51.7 Å². The molecule has 5 nitrogen and oxygen atoms in total. The Balaban J connectivity index is 0.000000342. The van der Waals surface area contributed by atoms with E-state index in [0.717, 1.165) is 32.7 Å². The lowest BCUT2D eigenvalue weighted by Gasteiger charge is -2.06. The summed E-state index contributed by atoms with van der Waals surface area (Å²) in [6.45, 7) is 7.56. The van der Waals surface area contributed by atoms with Gasteiger partial charge in [-0.2, -0.15) is 0 Å². The minimum atomic E-state index is -0.711. The highest BCUT2D eigenvalue weighted by Crippen LogP contribution is 2.08. The maximum atomic E-state index is 8.78. The molecule has 116 valence electrons. The molecule has 0 aromatic rings. The van der Waals surface area contributed by atoms with Crippen molar-refractivity contribution in [2.75, 3.05) is 39.6 Å². The first-order chi connectivity index (χ1) is 9.24. The van der Waals surface area contributed by atoms with E-state index in [1.807, 2.05) is 0 Å². The van der Waals surface area contributed by atoms with E-state index in [0.29, 0.717) is 12.7 Å². The largest absolute Gasteiger partial charge is 0.394 e. The third kappa shape index (κ3) is 15.7. The highest BCUT2D eigenvalue weighted by molar-refractivity contribution is 4.66. The Kier molecular flexibility index (Phi) is 14.1. The van der Waals surface area contributed by atoms with Crippen molar-refractivity contribution in [3.63, 3.8) is 0 Å². The van der Waals surface area contributed by atoms with Crippen molar-refractivity contribution in [1.29, 1.82) is 0 Å². The SMILES string of the molecule is CCCCOCC(O)CO.CCCCOCC1CO1. The number of aliphatic hydroxyl groups excluding tert-OH is 2. The molecule has 0 bridgehead atoms. The molecule has 0 radical (unpaired) electrons. The Morgan fingerprint density at radius 3 is 2.21 bits per heavy atom. The summed E-state index contributed by atoms with van der Waals surface area (Å²) in [5.74, 6) is 0. The summed E-state index contributed by atoms with van der Waals surface area (Å²) >= 11 is 0. The number of rotatable bonds is 11. The summed E-state index contributed by atoms with van der Waals surface area (Å²) in [4.78, 5) is 0. The third-order valence-electron chi connectivity index (χ3n) is 2.51. The first-order valence-electron chi connectivity index (χ1n) is 7.30. The second kappa shape index (κ2) is 14.2. The molecular formula is C14H30O5. The maximum Gasteiger partial charge on any atom is 0.104 e. The molecule has 1 saturated heterocycles. The van der Waals surface area contributed by atoms with Crippen LogP contribution >= 0.6 is 0 Å². The molecule has 0 aromatic carbocycles. The lowest BCUT2D eigenvalue weighted by molar-refractivity contribution is 0.00557. The van der Waals surface area contributed by atoms with Crippen LogP contribution < -0.4 is 0 Å². The molecule has 19 heavy (non-hydrogen) atoms. The molecule has 1 fully saturated rings. The van der Waals surface area contributed by atoms with Gasteiger partial charge in [0, 0.05) is 13.2 Å². The van der Waals surface area contributed by atoms with E-state index in [1.54, 1.807) is 0 Å². The fourth-order valence-electron chi connectivity index (χ4n) is 1.14. The topological polar surface area (TPSA) is 71.5 Å². The fraction of sp³-hybridized carbons (Fsp3) is 1.00. The molecule has 1 rings (SSSR count). The average molecular weight is 278 g/mol. The second-order valence-electron chi connectivity index (χ2n) is 4.65. The van der Waals surface area contributed by atoms with Crippen LogP contribution in [0.2, 0.25) is 0 Å². The summed E-state index contributed by atoms with van der Waals surface area (Å²) < 4.78 is 15.3. The predicted molar refractivity (Wildman–Crippen MR) is 74.3 cm³/mol. The van der Waals surface area contributed by atoms with E-state index < -0.39 is 6.10 Å². The predicted octanol–water partition coefficient (Wildman–Crippen LogP) is 1.36. The Labute approximate surface area is 116 Å². The standard InChI is InChI=1S/C7H16O3.C7H14O2/c1-2-3-4-10-6-7(9)5-8;1-2-3-4-8-5-7-6-9-7/h7-9H,2-6H2,1H3;7H,2-6H2,1H3. The molecular weight excluding hydrogens is 248 g/mol. The number of epoxide rings is 1. The van der Waals surface area contributed by atoms with Gasteiger partial charge in [-0.25, -0.2) is 0 Å². The van der Waals surface area contributed by atoms with Gasteiger partial charge in [-0.3, -0.25) is 0 Å². The summed E-state index contributed by atoms with van der Waals surface area (Å²) in [6.07, 6.45) is 4.21. The highest BCUT2D eigenvalue weighted by atomic mass is 16.6. The van der Waals surface area contributed by atoms with Gasteiger partial charge in [0.15, 0.2) is 0 Å². The lowest BCUT2D eigenvalue weighted by Crippen LogP contribution is -2.19. The first kappa shape index (κ1) is 18.8. The molecule has 1 aliphatic rings. The van der Waals surface area contributed by atoms with Gasteiger partial charge in [0.1, 0.15) is 12.2 Å². The van der Waals surface area contributed by atoms with Gasteiger partial charge >= 0.3 is 0 Å². The van der Waals surface area contributed by atoms with Crippen LogP contribution in [-0.2, 0) is 14.2 Å². The Morgan fingerprint density at radius 1 is 1.16 bits per heavy atom. The van der Waals surface area contributed by atoms with Crippen LogP contribution in [0.1, 0.15) is 39.5 Å². The zero-order valence-electron chi connectivity index (χ0n) is 12.3. The van der Waals surface area contributed by atoms with Crippen LogP contribution in [0.25, 0.3) is 0 Å². The summed E-state index contributed by atoms with van der Waals surface area (Å²) in [5, 5.41) is 17.1. The van der Waals surface area contributed by atoms with E-state index in [-0.39, 0.29) is 13.2 Å². The second-order valence-corrected chi connectivity index (χ2v) is 4.65. The molecule has 2 unspecified atom stereocenters. The molecule has 0 aromatic heterocycles. The van der Waals surface area contributed by atoms with Crippen LogP contribution in [0.3, 0.4) is 0 Å². The van der Waals surface area contributed by atoms with Crippen LogP contribution in [0, 0.1) is 0 Å². The third-order valence-corrected chi connectivity index (χ3v) is 2.51. The van der Waals surface area contributed by atoms with Gasteiger partial charge < -0.3 is 24.4 Å². The zero-order chi connectivity index (χ0) is 14.3. The number of unbranched alkanes of at least 4 members (excludes halogenated alkanes) is 2. The van der Waals surface area contributed by atoms with Gasteiger partial charge in [0.05, 0.1) is 26.4 Å². The number of aliphatic hydroxyl groups is 2. The molecule has 0 spiro atoms. The monoisotopic (exact) mass is 278 g/mol. The van der Waals surface area contributed by atoms with Gasteiger partial charge in [-0.05, 0) is 12.8 Å². The minimum absolute atomic E-state index is 0.216. The van der Waals surface area contributed by atoms with E-state index in [2.05, 4.69) is 13.8 Å². The van der Waals surface area contributed by atoms with Crippen molar-refractivity contribution in [3.8, 4) is 0 Å². The average Bonchev–Trinajstić information content (AvgIpc) is 3.24.